The van der Waals surface area contributed by atoms with Gasteiger partial charge in [0.1, 0.15) is 0 Å². The Kier molecular flexibility index (Phi) is 4.15. The second kappa shape index (κ2) is 5.62. The smallest absolute Gasteiger partial charge is 0.216 e. The summed E-state index contributed by atoms with van der Waals surface area (Å²) in [5.74, 6) is 0.0599. The van der Waals surface area contributed by atoms with Crippen LogP contribution < -0.4 is 10.0 Å². The third-order valence-corrected chi connectivity index (χ3v) is 4.25. The zero-order valence-electron chi connectivity index (χ0n) is 9.72. The van der Waals surface area contributed by atoms with Crippen LogP contribution >= 0.6 is 0 Å². The van der Waals surface area contributed by atoms with E-state index in [1.807, 2.05) is 30.3 Å². The number of sulfonamides is 1. The van der Waals surface area contributed by atoms with E-state index in [2.05, 4.69) is 10.0 Å². The molecule has 0 amide bonds. The molecule has 2 N–H and O–H groups in total. The quantitative estimate of drug-likeness (QED) is 0.838. The second-order valence-electron chi connectivity index (χ2n) is 4.41. The van der Waals surface area contributed by atoms with Crippen LogP contribution in [0.25, 0.3) is 0 Å². The van der Waals surface area contributed by atoms with Crippen LogP contribution in [-0.4, -0.2) is 27.5 Å². The number of nitrogens with one attached hydrogen (secondary N) is 2. The lowest BCUT2D eigenvalue weighted by atomic mass is 10.1. The molecule has 0 aliphatic carbocycles. The summed E-state index contributed by atoms with van der Waals surface area (Å²) >= 11 is 0. The Labute approximate surface area is 102 Å². The van der Waals surface area contributed by atoms with Gasteiger partial charge in [0, 0.05) is 12.6 Å². The highest BCUT2D eigenvalue weighted by molar-refractivity contribution is 7.88. The van der Waals surface area contributed by atoms with Crippen molar-refractivity contribution in [3.05, 3.63) is 35.9 Å². The first kappa shape index (κ1) is 12.5. The van der Waals surface area contributed by atoms with Crippen molar-refractivity contribution in [1.82, 2.24) is 10.0 Å². The molecule has 1 aromatic carbocycles. The molecular weight excluding hydrogens is 236 g/mol. The van der Waals surface area contributed by atoms with Crippen molar-refractivity contribution in [1.29, 1.82) is 0 Å². The van der Waals surface area contributed by atoms with Crippen molar-refractivity contribution in [2.45, 2.75) is 24.6 Å². The van der Waals surface area contributed by atoms with Gasteiger partial charge in [0.15, 0.2) is 0 Å². The SMILES string of the molecule is O=S(=O)(Cc1ccccc1)NC1CCCNC1. The van der Waals surface area contributed by atoms with Crippen molar-refractivity contribution in [2.24, 2.45) is 0 Å². The van der Waals surface area contributed by atoms with Crippen molar-refractivity contribution in [3.8, 4) is 0 Å². The third-order valence-electron chi connectivity index (χ3n) is 2.84. The molecule has 0 radical (unpaired) electrons. The maximum Gasteiger partial charge on any atom is 0.216 e. The zero-order chi connectivity index (χ0) is 12.1. The number of rotatable bonds is 4. The lowest BCUT2D eigenvalue weighted by Gasteiger charge is -2.23. The summed E-state index contributed by atoms with van der Waals surface area (Å²) < 4.78 is 26.6. The fourth-order valence-corrected chi connectivity index (χ4v) is 3.47. The molecule has 4 nitrogen and oxygen atoms in total. The zero-order valence-corrected chi connectivity index (χ0v) is 10.5. The van der Waals surface area contributed by atoms with Crippen LogP contribution in [0.5, 0.6) is 0 Å². The normalized spacial score (nSPS) is 21.3. The van der Waals surface area contributed by atoms with Gasteiger partial charge in [0.25, 0.3) is 0 Å². The average Bonchev–Trinajstić information content (AvgIpc) is 2.30. The van der Waals surface area contributed by atoms with Crippen molar-refractivity contribution in [3.63, 3.8) is 0 Å². The highest BCUT2D eigenvalue weighted by Crippen LogP contribution is 2.07. The summed E-state index contributed by atoms with van der Waals surface area (Å²) in [5.41, 5.74) is 0.823. The standard InChI is InChI=1S/C12H18N2O2S/c15-17(16,10-11-5-2-1-3-6-11)14-12-7-4-8-13-9-12/h1-3,5-6,12-14H,4,7-10H2. The van der Waals surface area contributed by atoms with E-state index in [4.69, 9.17) is 0 Å². The Hall–Kier alpha value is -0.910. The van der Waals surface area contributed by atoms with Gasteiger partial charge >= 0.3 is 0 Å². The summed E-state index contributed by atoms with van der Waals surface area (Å²) in [4.78, 5) is 0. The number of benzene rings is 1. The molecule has 0 bridgehead atoms. The largest absolute Gasteiger partial charge is 0.315 e. The van der Waals surface area contributed by atoms with E-state index in [9.17, 15) is 8.42 Å². The van der Waals surface area contributed by atoms with Crippen LogP contribution in [0.3, 0.4) is 0 Å². The van der Waals surface area contributed by atoms with Crippen LogP contribution in [0.15, 0.2) is 30.3 Å². The van der Waals surface area contributed by atoms with Crippen LogP contribution in [0.1, 0.15) is 18.4 Å². The van der Waals surface area contributed by atoms with Gasteiger partial charge in [-0.15, -0.1) is 0 Å². The number of piperidine rings is 1. The summed E-state index contributed by atoms with van der Waals surface area (Å²) in [5, 5.41) is 3.19. The molecule has 1 fully saturated rings. The van der Waals surface area contributed by atoms with Crippen LogP contribution in [0.4, 0.5) is 0 Å². The van der Waals surface area contributed by atoms with E-state index in [1.165, 1.54) is 0 Å². The molecule has 1 atom stereocenters. The van der Waals surface area contributed by atoms with Crippen LogP contribution in [0.2, 0.25) is 0 Å². The Morgan fingerprint density at radius 3 is 2.71 bits per heavy atom. The fourth-order valence-electron chi connectivity index (χ4n) is 2.04. The Morgan fingerprint density at radius 2 is 2.06 bits per heavy atom. The monoisotopic (exact) mass is 254 g/mol. The molecular formula is C12H18N2O2S. The van der Waals surface area contributed by atoms with Gasteiger partial charge in [-0.3, -0.25) is 0 Å². The topological polar surface area (TPSA) is 58.2 Å². The van der Waals surface area contributed by atoms with Gasteiger partial charge in [0.2, 0.25) is 10.0 Å². The van der Waals surface area contributed by atoms with E-state index in [1.54, 1.807) is 0 Å². The minimum atomic E-state index is -3.22. The van der Waals surface area contributed by atoms with E-state index in [0.29, 0.717) is 0 Å². The third kappa shape index (κ3) is 4.11. The van der Waals surface area contributed by atoms with Crippen LogP contribution in [0, 0.1) is 0 Å². The molecule has 1 aromatic rings. The predicted octanol–water partition coefficient (Wildman–Crippen LogP) is 0.858. The van der Waals surface area contributed by atoms with Gasteiger partial charge in [-0.25, -0.2) is 13.1 Å². The lowest BCUT2D eigenvalue weighted by Crippen LogP contribution is -2.45. The first-order valence-electron chi connectivity index (χ1n) is 5.90. The summed E-state index contributed by atoms with van der Waals surface area (Å²) in [6.07, 6.45) is 1.94. The molecule has 5 heteroatoms. The minimum Gasteiger partial charge on any atom is -0.315 e. The summed E-state index contributed by atoms with van der Waals surface area (Å²) in [6.45, 7) is 1.71. The van der Waals surface area contributed by atoms with Crippen LogP contribution in [-0.2, 0) is 15.8 Å². The minimum absolute atomic E-state index is 0.0393. The molecule has 0 aromatic heterocycles. The van der Waals surface area contributed by atoms with Gasteiger partial charge in [0.05, 0.1) is 5.75 Å². The van der Waals surface area contributed by atoms with E-state index >= 15 is 0 Å². The number of hydrogen-bond acceptors (Lipinski definition) is 3. The molecule has 1 aliphatic heterocycles. The van der Waals surface area contributed by atoms with Gasteiger partial charge in [-0.05, 0) is 24.9 Å². The molecule has 1 saturated heterocycles. The predicted molar refractivity (Wildman–Crippen MR) is 68.1 cm³/mol. The maximum atomic E-state index is 11.9. The first-order chi connectivity index (χ1) is 8.16. The van der Waals surface area contributed by atoms with E-state index < -0.39 is 10.0 Å². The Bertz CT molecular complexity index is 439. The van der Waals surface area contributed by atoms with Crippen molar-refractivity contribution in [2.75, 3.05) is 13.1 Å². The number of hydrogen-bond donors (Lipinski definition) is 2. The molecule has 1 heterocycles. The lowest BCUT2D eigenvalue weighted by molar-refractivity contribution is 0.428. The maximum absolute atomic E-state index is 11.9. The summed E-state index contributed by atoms with van der Waals surface area (Å²) in [6, 6.07) is 9.29. The second-order valence-corrected chi connectivity index (χ2v) is 6.16. The first-order valence-corrected chi connectivity index (χ1v) is 7.55. The highest BCUT2D eigenvalue weighted by Gasteiger charge is 2.19. The molecule has 1 aliphatic rings. The highest BCUT2D eigenvalue weighted by atomic mass is 32.2. The van der Waals surface area contributed by atoms with E-state index in [0.717, 1.165) is 31.5 Å². The fraction of sp³-hybridized carbons (Fsp3) is 0.500. The Balaban J connectivity index is 1.94. The molecule has 0 spiro atoms. The van der Waals surface area contributed by atoms with Gasteiger partial charge in [-0.2, -0.15) is 0 Å². The Morgan fingerprint density at radius 1 is 1.29 bits per heavy atom. The van der Waals surface area contributed by atoms with Crippen molar-refractivity contribution < 1.29 is 8.42 Å². The van der Waals surface area contributed by atoms with Gasteiger partial charge in [-0.1, -0.05) is 30.3 Å². The molecule has 0 saturated carbocycles. The van der Waals surface area contributed by atoms with Crippen molar-refractivity contribution >= 4 is 10.0 Å². The van der Waals surface area contributed by atoms with Gasteiger partial charge < -0.3 is 5.32 Å². The molecule has 17 heavy (non-hydrogen) atoms. The molecule has 1 unspecified atom stereocenters. The van der Waals surface area contributed by atoms with E-state index in [-0.39, 0.29) is 11.8 Å². The molecule has 94 valence electrons. The molecule has 2 rings (SSSR count). The average molecular weight is 254 g/mol. The summed E-state index contributed by atoms with van der Waals surface area (Å²) in [7, 11) is -3.22.